The van der Waals surface area contributed by atoms with Crippen molar-refractivity contribution in [1.82, 2.24) is 0 Å². The smallest absolute Gasteiger partial charge is 0.238 e. The number of carbonyl (C=O) groups is 1. The third kappa shape index (κ3) is 3.03. The van der Waals surface area contributed by atoms with Gasteiger partial charge >= 0.3 is 0 Å². The number of nitrogens with one attached hydrogen (secondary N) is 1. The maximum Gasteiger partial charge on any atom is 0.238 e. The van der Waals surface area contributed by atoms with Crippen LogP contribution in [0.1, 0.15) is 12.0 Å². The second kappa shape index (κ2) is 4.89. The van der Waals surface area contributed by atoms with E-state index in [1.165, 1.54) is 6.07 Å². The lowest BCUT2D eigenvalue weighted by molar-refractivity contribution is -0.115. The average molecular weight is 271 g/mol. The number of aryl methyl sites for hydroxylation is 1. The van der Waals surface area contributed by atoms with Gasteiger partial charge in [0.1, 0.15) is 12.2 Å². The van der Waals surface area contributed by atoms with Crippen molar-refractivity contribution in [3.05, 3.63) is 28.0 Å². The zero-order valence-corrected chi connectivity index (χ0v) is 9.56. The zero-order valence-electron chi connectivity index (χ0n) is 7.97. The zero-order chi connectivity index (χ0) is 11.4. The first-order valence-electron chi connectivity index (χ1n) is 4.17. The predicted molar refractivity (Wildman–Crippen MR) is 57.7 cm³/mol. The van der Waals surface area contributed by atoms with Crippen molar-refractivity contribution in [2.24, 2.45) is 0 Å². The van der Waals surface area contributed by atoms with E-state index < -0.39 is 11.7 Å². The van der Waals surface area contributed by atoms with Crippen LogP contribution in [0.25, 0.3) is 0 Å². The number of benzene rings is 1. The molecule has 0 radical (unpaired) electrons. The monoisotopic (exact) mass is 270 g/mol. The number of hydrogen-bond donors (Lipinski definition) is 1. The molecule has 15 heavy (non-hydrogen) atoms. The molecule has 0 aliphatic rings. The fourth-order valence-corrected chi connectivity index (χ4v) is 1.57. The molecule has 1 amide bonds. The van der Waals surface area contributed by atoms with Gasteiger partial charge in [0.2, 0.25) is 5.91 Å². The van der Waals surface area contributed by atoms with Crippen LogP contribution in [0, 0.1) is 24.1 Å². The molecule has 0 aromatic heterocycles. The molecule has 3 nitrogen and oxygen atoms in total. The SMILES string of the molecule is Cc1cc(Br)c(NC(=O)CC#N)cc1F. The van der Waals surface area contributed by atoms with Crippen LogP contribution in [0.5, 0.6) is 0 Å². The first-order valence-corrected chi connectivity index (χ1v) is 4.96. The van der Waals surface area contributed by atoms with Crippen LogP contribution in [0.4, 0.5) is 10.1 Å². The lowest BCUT2D eigenvalue weighted by Crippen LogP contribution is -2.11. The summed E-state index contributed by atoms with van der Waals surface area (Å²) in [6, 6.07) is 4.50. The predicted octanol–water partition coefficient (Wildman–Crippen LogP) is 2.75. The molecule has 0 atom stereocenters. The van der Waals surface area contributed by atoms with Gasteiger partial charge in [0.25, 0.3) is 0 Å². The van der Waals surface area contributed by atoms with E-state index in [-0.39, 0.29) is 6.42 Å². The molecule has 0 bridgehead atoms. The van der Waals surface area contributed by atoms with Crippen LogP contribution in [0.3, 0.4) is 0 Å². The maximum atomic E-state index is 13.2. The topological polar surface area (TPSA) is 52.9 Å². The van der Waals surface area contributed by atoms with Gasteiger partial charge in [0.05, 0.1) is 11.8 Å². The van der Waals surface area contributed by atoms with Gasteiger partial charge in [0, 0.05) is 4.47 Å². The molecule has 1 rings (SSSR count). The number of anilines is 1. The summed E-state index contributed by atoms with van der Waals surface area (Å²) in [7, 11) is 0. The third-order valence-corrected chi connectivity index (χ3v) is 2.42. The Morgan fingerprint density at radius 2 is 2.33 bits per heavy atom. The summed E-state index contributed by atoms with van der Waals surface area (Å²) in [5.74, 6) is -0.855. The highest BCUT2D eigenvalue weighted by atomic mass is 79.9. The van der Waals surface area contributed by atoms with E-state index in [2.05, 4.69) is 21.2 Å². The summed E-state index contributed by atoms with van der Waals surface area (Å²) >= 11 is 3.20. The van der Waals surface area contributed by atoms with Gasteiger partial charge in [-0.3, -0.25) is 4.79 Å². The van der Waals surface area contributed by atoms with Gasteiger partial charge in [-0.1, -0.05) is 0 Å². The Morgan fingerprint density at radius 3 is 2.93 bits per heavy atom. The second-order valence-electron chi connectivity index (χ2n) is 2.96. The lowest BCUT2D eigenvalue weighted by Gasteiger charge is -2.07. The maximum absolute atomic E-state index is 13.2. The Hall–Kier alpha value is -1.41. The van der Waals surface area contributed by atoms with Crippen molar-refractivity contribution in [1.29, 1.82) is 5.26 Å². The van der Waals surface area contributed by atoms with E-state index in [1.807, 2.05) is 0 Å². The molecule has 78 valence electrons. The minimum absolute atomic E-state index is 0.248. The van der Waals surface area contributed by atoms with E-state index in [4.69, 9.17) is 5.26 Å². The third-order valence-electron chi connectivity index (χ3n) is 1.76. The van der Waals surface area contributed by atoms with E-state index in [9.17, 15) is 9.18 Å². The number of amides is 1. The Labute approximate surface area is 95.0 Å². The molecule has 0 spiro atoms. The van der Waals surface area contributed by atoms with Crippen molar-refractivity contribution in [3.63, 3.8) is 0 Å². The van der Waals surface area contributed by atoms with Crippen molar-refractivity contribution in [2.75, 3.05) is 5.32 Å². The highest BCUT2D eigenvalue weighted by Crippen LogP contribution is 2.25. The lowest BCUT2D eigenvalue weighted by atomic mass is 10.2. The molecule has 0 saturated carbocycles. The summed E-state index contributed by atoms with van der Waals surface area (Å²) in [5, 5.41) is 10.7. The molecule has 0 aliphatic heterocycles. The van der Waals surface area contributed by atoms with Gasteiger partial charge in [-0.05, 0) is 40.5 Å². The number of nitrogens with zero attached hydrogens (tertiary/aromatic N) is 1. The fraction of sp³-hybridized carbons (Fsp3) is 0.200. The summed E-state index contributed by atoms with van der Waals surface area (Å²) in [5.41, 5.74) is 0.818. The highest BCUT2D eigenvalue weighted by molar-refractivity contribution is 9.10. The van der Waals surface area contributed by atoms with Crippen LogP contribution in [-0.2, 0) is 4.79 Å². The number of rotatable bonds is 2. The number of carbonyl (C=O) groups excluding carboxylic acids is 1. The number of halogens is 2. The molecular weight excluding hydrogens is 263 g/mol. The highest BCUT2D eigenvalue weighted by Gasteiger charge is 2.08. The molecule has 1 aromatic carbocycles. The van der Waals surface area contributed by atoms with Crippen LogP contribution in [0.15, 0.2) is 16.6 Å². The van der Waals surface area contributed by atoms with Gasteiger partial charge in [0.15, 0.2) is 0 Å². The van der Waals surface area contributed by atoms with E-state index in [0.29, 0.717) is 15.7 Å². The quantitative estimate of drug-likeness (QED) is 0.899. The Balaban J connectivity index is 2.92. The summed E-state index contributed by atoms with van der Waals surface area (Å²) in [6.45, 7) is 1.63. The molecule has 1 N–H and O–H groups in total. The molecule has 0 aliphatic carbocycles. The average Bonchev–Trinajstić information content (AvgIpc) is 2.14. The molecule has 0 saturated heterocycles. The standard InChI is InChI=1S/C10H8BrFN2O/c1-6-4-7(11)9(5-8(6)12)14-10(15)2-3-13/h4-5H,2H2,1H3,(H,14,15). The Bertz CT molecular complexity index is 440. The van der Waals surface area contributed by atoms with Crippen LogP contribution < -0.4 is 5.32 Å². The molecule has 1 aromatic rings. The summed E-state index contributed by atoms with van der Waals surface area (Å²) in [4.78, 5) is 11.1. The molecule has 0 fully saturated rings. The van der Waals surface area contributed by atoms with Crippen LogP contribution in [-0.4, -0.2) is 5.91 Å². The van der Waals surface area contributed by atoms with Gasteiger partial charge < -0.3 is 5.32 Å². The van der Waals surface area contributed by atoms with E-state index in [0.717, 1.165) is 0 Å². The normalized spacial score (nSPS) is 9.47. The van der Waals surface area contributed by atoms with Crippen molar-refractivity contribution >= 4 is 27.5 Å². The number of hydrogen-bond acceptors (Lipinski definition) is 2. The molecule has 0 heterocycles. The van der Waals surface area contributed by atoms with Crippen molar-refractivity contribution < 1.29 is 9.18 Å². The molecule has 0 unspecified atom stereocenters. The second-order valence-corrected chi connectivity index (χ2v) is 3.82. The van der Waals surface area contributed by atoms with Crippen molar-refractivity contribution in [3.8, 4) is 6.07 Å². The van der Waals surface area contributed by atoms with Gasteiger partial charge in [-0.25, -0.2) is 4.39 Å². The number of nitriles is 1. The van der Waals surface area contributed by atoms with E-state index in [1.54, 1.807) is 19.1 Å². The fourth-order valence-electron chi connectivity index (χ4n) is 1.01. The minimum Gasteiger partial charge on any atom is -0.324 e. The largest absolute Gasteiger partial charge is 0.324 e. The molecule has 5 heteroatoms. The van der Waals surface area contributed by atoms with Gasteiger partial charge in [-0.2, -0.15) is 5.26 Å². The first-order chi connectivity index (χ1) is 7.04. The van der Waals surface area contributed by atoms with E-state index >= 15 is 0 Å². The summed E-state index contributed by atoms with van der Waals surface area (Å²) < 4.78 is 13.7. The summed E-state index contributed by atoms with van der Waals surface area (Å²) in [6.07, 6.45) is -0.248. The van der Waals surface area contributed by atoms with Crippen molar-refractivity contribution in [2.45, 2.75) is 13.3 Å². The molecular formula is C10H8BrFN2O. The van der Waals surface area contributed by atoms with Gasteiger partial charge in [-0.15, -0.1) is 0 Å². The van der Waals surface area contributed by atoms with Crippen LogP contribution in [0.2, 0.25) is 0 Å². The Morgan fingerprint density at radius 1 is 1.67 bits per heavy atom. The Kier molecular flexibility index (Phi) is 3.81. The first kappa shape index (κ1) is 11.7. The van der Waals surface area contributed by atoms with Crippen LogP contribution >= 0.6 is 15.9 Å². The minimum atomic E-state index is -0.457.